The molecule has 0 aromatic heterocycles. The maximum atomic E-state index is 14.2. The maximum Gasteiger partial charge on any atom is 0.326 e. The number of rotatable bonds is 10. The molecule has 0 fully saturated rings. The number of hydrogen-bond acceptors (Lipinski definition) is 3. The average Bonchev–Trinajstić information content (AvgIpc) is 2.83. The SMILES string of the molecule is CC(C)(Cc1ccc(Cl)cc1)N(C(=O)c1ccc(-c2cc(F)ccc2F)cc1)[C@@H](CCC(N)=O)C(=O)O. The van der Waals surface area contributed by atoms with Crippen molar-refractivity contribution in [2.45, 2.75) is 44.7 Å². The second-order valence-corrected chi connectivity index (χ2v) is 9.79. The Morgan fingerprint density at radius 3 is 2.19 bits per heavy atom. The first-order chi connectivity index (χ1) is 17.4. The minimum Gasteiger partial charge on any atom is -0.480 e. The van der Waals surface area contributed by atoms with Crippen LogP contribution in [0.5, 0.6) is 0 Å². The van der Waals surface area contributed by atoms with Gasteiger partial charge in [-0.05, 0) is 80.3 Å². The van der Waals surface area contributed by atoms with Crippen LogP contribution in [0.3, 0.4) is 0 Å². The van der Waals surface area contributed by atoms with E-state index in [0.717, 1.165) is 23.8 Å². The molecule has 0 aliphatic rings. The van der Waals surface area contributed by atoms with Crippen LogP contribution in [-0.4, -0.2) is 39.4 Å². The monoisotopic (exact) mass is 528 g/mol. The predicted octanol–water partition coefficient (Wildman–Crippen LogP) is 5.47. The molecule has 3 rings (SSSR count). The van der Waals surface area contributed by atoms with E-state index in [-0.39, 0.29) is 24.0 Å². The minimum absolute atomic E-state index is 0.0313. The first kappa shape index (κ1) is 27.8. The van der Waals surface area contributed by atoms with Crippen molar-refractivity contribution >= 4 is 29.4 Å². The van der Waals surface area contributed by atoms with Crippen LogP contribution in [0.4, 0.5) is 8.78 Å². The molecular weight excluding hydrogens is 502 g/mol. The summed E-state index contributed by atoms with van der Waals surface area (Å²) in [5, 5.41) is 10.6. The van der Waals surface area contributed by atoms with Gasteiger partial charge in [-0.1, -0.05) is 35.9 Å². The molecule has 6 nitrogen and oxygen atoms in total. The number of aliphatic carboxylic acids is 1. The molecule has 194 valence electrons. The fraction of sp³-hybridized carbons (Fsp3) is 0.250. The Hall–Kier alpha value is -3.78. The molecule has 0 bridgehead atoms. The smallest absolute Gasteiger partial charge is 0.326 e. The predicted molar refractivity (Wildman–Crippen MR) is 137 cm³/mol. The number of hydrogen-bond donors (Lipinski definition) is 2. The third kappa shape index (κ3) is 6.92. The molecular formula is C28H27ClF2N2O4. The highest BCUT2D eigenvalue weighted by atomic mass is 35.5. The summed E-state index contributed by atoms with van der Waals surface area (Å²) in [4.78, 5) is 38.8. The van der Waals surface area contributed by atoms with Gasteiger partial charge in [-0.25, -0.2) is 13.6 Å². The van der Waals surface area contributed by atoms with Gasteiger partial charge in [0.25, 0.3) is 5.91 Å². The number of carbonyl (C=O) groups excluding carboxylic acids is 2. The fourth-order valence-corrected chi connectivity index (χ4v) is 4.44. The molecule has 3 aromatic carbocycles. The van der Waals surface area contributed by atoms with Crippen molar-refractivity contribution in [3.63, 3.8) is 0 Å². The van der Waals surface area contributed by atoms with Gasteiger partial charge in [-0.2, -0.15) is 0 Å². The van der Waals surface area contributed by atoms with E-state index in [0.29, 0.717) is 17.0 Å². The number of nitrogens with two attached hydrogens (primary N) is 1. The highest BCUT2D eigenvalue weighted by Crippen LogP contribution is 2.30. The molecule has 0 saturated heterocycles. The van der Waals surface area contributed by atoms with Crippen molar-refractivity contribution in [1.29, 1.82) is 0 Å². The van der Waals surface area contributed by atoms with Gasteiger partial charge >= 0.3 is 5.97 Å². The van der Waals surface area contributed by atoms with Crippen molar-refractivity contribution in [1.82, 2.24) is 4.90 Å². The summed E-state index contributed by atoms with van der Waals surface area (Å²) in [5.41, 5.74) is 5.60. The topological polar surface area (TPSA) is 101 Å². The second kappa shape index (κ2) is 11.5. The van der Waals surface area contributed by atoms with Gasteiger partial charge in [0.1, 0.15) is 17.7 Å². The number of benzene rings is 3. The Bertz CT molecular complexity index is 1290. The van der Waals surface area contributed by atoms with E-state index in [1.165, 1.54) is 29.2 Å². The molecule has 0 aliphatic heterocycles. The molecule has 0 heterocycles. The van der Waals surface area contributed by atoms with E-state index in [1.54, 1.807) is 38.1 Å². The molecule has 3 aromatic rings. The summed E-state index contributed by atoms with van der Waals surface area (Å²) in [6.45, 7) is 3.46. The number of halogens is 3. The molecule has 0 saturated carbocycles. The van der Waals surface area contributed by atoms with Crippen molar-refractivity contribution in [2.24, 2.45) is 5.73 Å². The molecule has 37 heavy (non-hydrogen) atoms. The molecule has 0 radical (unpaired) electrons. The number of carboxylic acid groups (broad SMARTS) is 1. The lowest BCUT2D eigenvalue weighted by Gasteiger charge is -2.42. The summed E-state index contributed by atoms with van der Waals surface area (Å²) in [6.07, 6.45) is -0.106. The van der Waals surface area contributed by atoms with Crippen molar-refractivity contribution < 1.29 is 28.3 Å². The number of amides is 2. The Kier molecular flexibility index (Phi) is 8.65. The fourth-order valence-electron chi connectivity index (χ4n) is 4.32. The lowest BCUT2D eigenvalue weighted by Crippen LogP contribution is -2.57. The van der Waals surface area contributed by atoms with Crippen molar-refractivity contribution in [3.05, 3.63) is 94.5 Å². The standard InChI is InChI=1S/C28H27ClF2N2O4/c1-28(2,16-17-3-9-20(29)10-4-17)33(24(27(36)37)13-14-25(32)34)26(35)19-7-5-18(6-8-19)22-15-21(30)11-12-23(22)31/h3-12,15,24H,13-14,16H2,1-2H3,(H2,32,34)(H,36,37)/t24-/m0/s1. The number of nitrogens with zero attached hydrogens (tertiary/aromatic N) is 1. The summed E-state index contributed by atoms with van der Waals surface area (Å²) in [7, 11) is 0. The normalized spacial score (nSPS) is 12.1. The van der Waals surface area contributed by atoms with Crippen LogP contribution in [0.15, 0.2) is 66.7 Å². The van der Waals surface area contributed by atoms with Gasteiger partial charge in [0.2, 0.25) is 5.91 Å². The summed E-state index contributed by atoms with van der Waals surface area (Å²) in [5.74, 6) is -3.79. The minimum atomic E-state index is -1.34. The highest BCUT2D eigenvalue weighted by molar-refractivity contribution is 6.30. The lowest BCUT2D eigenvalue weighted by atomic mass is 9.89. The van der Waals surface area contributed by atoms with E-state index in [4.69, 9.17) is 17.3 Å². The highest BCUT2D eigenvalue weighted by Gasteiger charge is 2.40. The zero-order chi connectivity index (χ0) is 27.3. The van der Waals surface area contributed by atoms with Gasteiger partial charge in [0.05, 0.1) is 0 Å². The first-order valence-electron chi connectivity index (χ1n) is 11.5. The lowest BCUT2D eigenvalue weighted by molar-refractivity contribution is -0.144. The molecule has 2 amide bonds. The van der Waals surface area contributed by atoms with Crippen LogP contribution < -0.4 is 5.73 Å². The van der Waals surface area contributed by atoms with E-state index in [2.05, 4.69) is 0 Å². The quantitative estimate of drug-likeness (QED) is 0.364. The summed E-state index contributed by atoms with van der Waals surface area (Å²) in [6, 6.07) is 14.5. The van der Waals surface area contributed by atoms with Gasteiger partial charge in [-0.15, -0.1) is 0 Å². The Morgan fingerprint density at radius 2 is 1.62 bits per heavy atom. The molecule has 3 N–H and O–H groups in total. The van der Waals surface area contributed by atoms with Crippen LogP contribution in [-0.2, 0) is 16.0 Å². The molecule has 1 atom stereocenters. The van der Waals surface area contributed by atoms with Crippen LogP contribution in [0, 0.1) is 11.6 Å². The first-order valence-corrected chi connectivity index (χ1v) is 11.9. The van der Waals surface area contributed by atoms with E-state index < -0.39 is 41.0 Å². The number of carbonyl (C=O) groups is 3. The Balaban J connectivity index is 2.01. The number of primary amides is 1. The zero-order valence-corrected chi connectivity index (χ0v) is 21.1. The van der Waals surface area contributed by atoms with Crippen LogP contribution in [0.25, 0.3) is 11.1 Å². The summed E-state index contributed by atoms with van der Waals surface area (Å²) >= 11 is 5.98. The molecule has 0 aliphatic carbocycles. The second-order valence-electron chi connectivity index (χ2n) is 9.35. The number of carboxylic acids is 1. The van der Waals surface area contributed by atoms with Crippen molar-refractivity contribution in [3.8, 4) is 11.1 Å². The third-order valence-corrected chi connectivity index (χ3v) is 6.31. The molecule has 9 heteroatoms. The maximum absolute atomic E-state index is 14.2. The van der Waals surface area contributed by atoms with E-state index in [9.17, 15) is 28.3 Å². The van der Waals surface area contributed by atoms with Gasteiger partial charge < -0.3 is 15.7 Å². The third-order valence-electron chi connectivity index (χ3n) is 6.05. The van der Waals surface area contributed by atoms with Gasteiger partial charge in [-0.3, -0.25) is 9.59 Å². The largest absolute Gasteiger partial charge is 0.480 e. The molecule has 0 unspecified atom stereocenters. The van der Waals surface area contributed by atoms with Crippen LogP contribution in [0.1, 0.15) is 42.6 Å². The van der Waals surface area contributed by atoms with Crippen LogP contribution in [0.2, 0.25) is 5.02 Å². The summed E-state index contributed by atoms with van der Waals surface area (Å²) < 4.78 is 27.9. The van der Waals surface area contributed by atoms with Gasteiger partial charge in [0, 0.05) is 28.1 Å². The molecule has 0 spiro atoms. The average molecular weight is 529 g/mol. The Labute approximate surface area is 218 Å². The van der Waals surface area contributed by atoms with E-state index >= 15 is 0 Å². The van der Waals surface area contributed by atoms with Crippen molar-refractivity contribution in [2.75, 3.05) is 0 Å². The Morgan fingerprint density at radius 1 is 1.00 bits per heavy atom. The van der Waals surface area contributed by atoms with Crippen LogP contribution >= 0.6 is 11.6 Å². The van der Waals surface area contributed by atoms with Gasteiger partial charge in [0.15, 0.2) is 0 Å². The van der Waals surface area contributed by atoms with E-state index in [1.807, 2.05) is 0 Å². The zero-order valence-electron chi connectivity index (χ0n) is 20.4.